The average Bonchev–Trinajstić information content (AvgIpc) is 2.36. The Labute approximate surface area is 111 Å². The van der Waals surface area contributed by atoms with E-state index in [0.717, 1.165) is 12.8 Å². The molecule has 1 aliphatic rings. The number of amides is 1. The molecule has 0 aromatic heterocycles. The number of hydrogen-bond acceptors (Lipinski definition) is 3. The maximum atomic E-state index is 11.7. The standard InChI is InChI=1S/C14H28N2O2/c1-10(2)11(3)16-14(17)9-18-13-8-6-5-7-12(13)15-4/h10-13,15H,5-9H2,1-4H3,(H,16,17). The van der Waals surface area contributed by atoms with Crippen molar-refractivity contribution in [2.75, 3.05) is 13.7 Å². The zero-order valence-electron chi connectivity index (χ0n) is 12.2. The quantitative estimate of drug-likeness (QED) is 0.760. The van der Waals surface area contributed by atoms with Crippen LogP contribution in [0.25, 0.3) is 0 Å². The van der Waals surface area contributed by atoms with Crippen LogP contribution < -0.4 is 10.6 Å². The highest BCUT2D eigenvalue weighted by Crippen LogP contribution is 2.20. The normalized spacial score (nSPS) is 26.1. The van der Waals surface area contributed by atoms with Crippen molar-refractivity contribution >= 4 is 5.91 Å². The summed E-state index contributed by atoms with van der Waals surface area (Å²) in [5.74, 6) is 0.449. The number of rotatable bonds is 6. The highest BCUT2D eigenvalue weighted by molar-refractivity contribution is 5.77. The summed E-state index contributed by atoms with van der Waals surface area (Å²) in [5, 5.41) is 6.25. The molecule has 0 spiro atoms. The lowest BCUT2D eigenvalue weighted by atomic mass is 9.92. The molecule has 1 amide bonds. The second kappa shape index (κ2) is 7.74. The monoisotopic (exact) mass is 256 g/mol. The van der Waals surface area contributed by atoms with Crippen LogP contribution in [-0.4, -0.2) is 37.7 Å². The van der Waals surface area contributed by atoms with Crippen molar-refractivity contribution < 1.29 is 9.53 Å². The number of carbonyl (C=O) groups is 1. The second-order valence-corrected chi connectivity index (χ2v) is 5.63. The van der Waals surface area contributed by atoms with Crippen LogP contribution >= 0.6 is 0 Å². The van der Waals surface area contributed by atoms with Gasteiger partial charge in [0.25, 0.3) is 0 Å². The van der Waals surface area contributed by atoms with E-state index < -0.39 is 0 Å². The smallest absolute Gasteiger partial charge is 0.246 e. The second-order valence-electron chi connectivity index (χ2n) is 5.63. The third kappa shape index (κ3) is 4.94. The van der Waals surface area contributed by atoms with Crippen molar-refractivity contribution in [1.29, 1.82) is 0 Å². The molecule has 1 fully saturated rings. The van der Waals surface area contributed by atoms with Gasteiger partial charge in [0.1, 0.15) is 6.61 Å². The van der Waals surface area contributed by atoms with Gasteiger partial charge in [-0.3, -0.25) is 4.79 Å². The molecule has 0 aliphatic heterocycles. The Morgan fingerprint density at radius 1 is 1.28 bits per heavy atom. The molecule has 0 aromatic carbocycles. The van der Waals surface area contributed by atoms with E-state index in [1.807, 2.05) is 14.0 Å². The number of carbonyl (C=O) groups excluding carboxylic acids is 1. The Morgan fingerprint density at radius 3 is 2.56 bits per heavy atom. The predicted octanol–water partition coefficient (Wildman–Crippen LogP) is 1.69. The number of nitrogens with one attached hydrogen (secondary N) is 2. The predicted molar refractivity (Wildman–Crippen MR) is 73.5 cm³/mol. The molecule has 0 saturated heterocycles. The minimum atomic E-state index is -0.00312. The van der Waals surface area contributed by atoms with Gasteiger partial charge >= 0.3 is 0 Å². The zero-order chi connectivity index (χ0) is 13.5. The van der Waals surface area contributed by atoms with E-state index in [9.17, 15) is 4.79 Å². The largest absolute Gasteiger partial charge is 0.367 e. The van der Waals surface area contributed by atoms with Crippen LogP contribution in [-0.2, 0) is 9.53 Å². The molecule has 1 saturated carbocycles. The van der Waals surface area contributed by atoms with Crippen LogP contribution in [0.2, 0.25) is 0 Å². The van der Waals surface area contributed by atoms with E-state index >= 15 is 0 Å². The Kier molecular flexibility index (Phi) is 6.65. The van der Waals surface area contributed by atoms with E-state index in [4.69, 9.17) is 4.74 Å². The van der Waals surface area contributed by atoms with Gasteiger partial charge in [-0.15, -0.1) is 0 Å². The molecule has 18 heavy (non-hydrogen) atoms. The lowest BCUT2D eigenvalue weighted by Crippen LogP contribution is -2.44. The summed E-state index contributed by atoms with van der Waals surface area (Å²) in [5.41, 5.74) is 0. The molecule has 4 nitrogen and oxygen atoms in total. The molecule has 3 atom stereocenters. The highest BCUT2D eigenvalue weighted by atomic mass is 16.5. The maximum absolute atomic E-state index is 11.7. The lowest BCUT2D eigenvalue weighted by Gasteiger charge is -2.31. The molecule has 1 aliphatic carbocycles. The van der Waals surface area contributed by atoms with Crippen molar-refractivity contribution in [3.05, 3.63) is 0 Å². The first-order valence-corrected chi connectivity index (χ1v) is 7.12. The molecular weight excluding hydrogens is 228 g/mol. The van der Waals surface area contributed by atoms with Gasteiger partial charge in [-0.05, 0) is 32.7 Å². The molecular formula is C14H28N2O2. The van der Waals surface area contributed by atoms with Crippen molar-refractivity contribution in [1.82, 2.24) is 10.6 Å². The molecule has 0 aromatic rings. The molecule has 0 heterocycles. The fourth-order valence-electron chi connectivity index (χ4n) is 2.27. The van der Waals surface area contributed by atoms with Gasteiger partial charge in [0.15, 0.2) is 0 Å². The van der Waals surface area contributed by atoms with Crippen molar-refractivity contribution in [2.45, 2.75) is 64.6 Å². The summed E-state index contributed by atoms with van der Waals surface area (Å²) < 4.78 is 5.75. The first-order valence-electron chi connectivity index (χ1n) is 7.12. The summed E-state index contributed by atoms with van der Waals surface area (Å²) in [6.45, 7) is 6.41. The molecule has 0 radical (unpaired) electrons. The van der Waals surface area contributed by atoms with Crippen LogP contribution in [0.4, 0.5) is 0 Å². The van der Waals surface area contributed by atoms with Gasteiger partial charge in [-0.2, -0.15) is 0 Å². The Hall–Kier alpha value is -0.610. The third-order valence-corrected chi connectivity index (χ3v) is 3.89. The summed E-state index contributed by atoms with van der Waals surface area (Å²) in [6, 6.07) is 0.599. The summed E-state index contributed by atoms with van der Waals surface area (Å²) in [7, 11) is 1.97. The highest BCUT2D eigenvalue weighted by Gasteiger charge is 2.25. The van der Waals surface area contributed by atoms with Gasteiger partial charge in [0.2, 0.25) is 5.91 Å². The summed E-state index contributed by atoms with van der Waals surface area (Å²) in [6.07, 6.45) is 4.84. The first kappa shape index (κ1) is 15.4. The molecule has 106 valence electrons. The summed E-state index contributed by atoms with van der Waals surface area (Å²) in [4.78, 5) is 11.7. The van der Waals surface area contributed by atoms with Gasteiger partial charge in [-0.25, -0.2) is 0 Å². The fraction of sp³-hybridized carbons (Fsp3) is 0.929. The molecule has 1 rings (SSSR count). The Morgan fingerprint density at radius 2 is 1.94 bits per heavy atom. The Balaban J connectivity index is 2.28. The van der Waals surface area contributed by atoms with Crippen LogP contribution in [0.1, 0.15) is 46.5 Å². The maximum Gasteiger partial charge on any atom is 0.246 e. The number of ether oxygens (including phenoxy) is 1. The van der Waals surface area contributed by atoms with Crippen molar-refractivity contribution in [3.8, 4) is 0 Å². The SMILES string of the molecule is CNC1CCCCC1OCC(=O)NC(C)C(C)C. The van der Waals surface area contributed by atoms with Crippen LogP contribution in [0.15, 0.2) is 0 Å². The van der Waals surface area contributed by atoms with E-state index in [0.29, 0.717) is 12.0 Å². The van der Waals surface area contributed by atoms with Crippen molar-refractivity contribution in [3.63, 3.8) is 0 Å². The number of likely N-dealkylation sites (N-methyl/N-ethyl adjacent to an activating group) is 1. The Bertz CT molecular complexity index is 256. The van der Waals surface area contributed by atoms with Crippen LogP contribution in [0, 0.1) is 5.92 Å². The fourth-order valence-corrected chi connectivity index (χ4v) is 2.27. The zero-order valence-corrected chi connectivity index (χ0v) is 12.2. The van der Waals surface area contributed by atoms with Crippen LogP contribution in [0.5, 0.6) is 0 Å². The van der Waals surface area contributed by atoms with Gasteiger partial charge in [0.05, 0.1) is 6.10 Å². The minimum absolute atomic E-state index is 0.00312. The van der Waals surface area contributed by atoms with E-state index in [1.165, 1.54) is 12.8 Å². The van der Waals surface area contributed by atoms with E-state index in [1.54, 1.807) is 0 Å². The van der Waals surface area contributed by atoms with E-state index in [2.05, 4.69) is 24.5 Å². The average molecular weight is 256 g/mol. The van der Waals surface area contributed by atoms with Crippen LogP contribution in [0.3, 0.4) is 0 Å². The van der Waals surface area contributed by atoms with Gasteiger partial charge in [0, 0.05) is 12.1 Å². The molecule has 3 unspecified atom stereocenters. The third-order valence-electron chi connectivity index (χ3n) is 3.89. The summed E-state index contributed by atoms with van der Waals surface area (Å²) >= 11 is 0. The molecule has 0 bridgehead atoms. The molecule has 2 N–H and O–H groups in total. The van der Waals surface area contributed by atoms with Gasteiger partial charge in [-0.1, -0.05) is 26.7 Å². The molecule has 4 heteroatoms. The number of hydrogen-bond donors (Lipinski definition) is 2. The topological polar surface area (TPSA) is 50.4 Å². The first-order chi connectivity index (χ1) is 8.54. The van der Waals surface area contributed by atoms with Crippen molar-refractivity contribution in [2.24, 2.45) is 5.92 Å². The minimum Gasteiger partial charge on any atom is -0.367 e. The van der Waals surface area contributed by atoms with E-state index in [-0.39, 0.29) is 24.7 Å². The lowest BCUT2D eigenvalue weighted by molar-refractivity contribution is -0.129. The van der Waals surface area contributed by atoms with Gasteiger partial charge < -0.3 is 15.4 Å².